The molecule has 0 aliphatic heterocycles. The van der Waals surface area contributed by atoms with Gasteiger partial charge in [-0.2, -0.15) is 0 Å². The highest BCUT2D eigenvalue weighted by atomic mass is 31.2. The summed E-state index contributed by atoms with van der Waals surface area (Å²) in [5, 5.41) is 14.0. The molecule has 0 bridgehead atoms. The molecule has 0 fully saturated rings. The van der Waals surface area contributed by atoms with E-state index in [-0.39, 0.29) is 6.16 Å². The van der Waals surface area contributed by atoms with E-state index in [2.05, 4.69) is 5.09 Å². The third-order valence-electron chi connectivity index (χ3n) is 4.39. The zero-order valence-electron chi connectivity index (χ0n) is 14.3. The summed E-state index contributed by atoms with van der Waals surface area (Å²) in [6.07, 6.45) is -0.151. The molecule has 134 valence electrons. The molecule has 0 saturated heterocycles. The minimum atomic E-state index is -3.96. The number of aliphatic carboxylic acids is 1. The van der Waals surface area contributed by atoms with Crippen molar-refractivity contribution in [1.29, 1.82) is 0 Å². The average molecular weight is 369 g/mol. The molecule has 6 heteroatoms. The second-order valence-electron chi connectivity index (χ2n) is 6.41. The fourth-order valence-electron chi connectivity index (χ4n) is 3.10. The van der Waals surface area contributed by atoms with Gasteiger partial charge in [0.05, 0.1) is 6.16 Å². The maximum absolute atomic E-state index is 12.8. The van der Waals surface area contributed by atoms with Crippen LogP contribution in [-0.4, -0.2) is 16.0 Å². The molecule has 0 radical (unpaired) electrons. The van der Waals surface area contributed by atoms with Crippen LogP contribution >= 0.6 is 7.52 Å². The Bertz CT molecular complexity index is 984. The number of fused-ring (bicyclic) bond motifs is 1. The van der Waals surface area contributed by atoms with E-state index in [0.717, 1.165) is 10.8 Å². The van der Waals surface area contributed by atoms with Crippen molar-refractivity contribution in [3.8, 4) is 0 Å². The first-order valence-electron chi connectivity index (χ1n) is 8.19. The molecule has 0 heterocycles. The molecule has 3 aromatic rings. The molecule has 0 aromatic heterocycles. The van der Waals surface area contributed by atoms with Crippen LogP contribution in [0.1, 0.15) is 18.1 Å². The van der Waals surface area contributed by atoms with Crippen LogP contribution in [0.4, 0.5) is 0 Å². The molecule has 2 unspecified atom stereocenters. The van der Waals surface area contributed by atoms with Crippen LogP contribution in [0.25, 0.3) is 10.8 Å². The summed E-state index contributed by atoms with van der Waals surface area (Å²) < 4.78 is 12.8. The van der Waals surface area contributed by atoms with Crippen molar-refractivity contribution in [2.45, 2.75) is 18.6 Å². The Morgan fingerprint density at radius 1 is 1.00 bits per heavy atom. The molecule has 3 N–H and O–H groups in total. The summed E-state index contributed by atoms with van der Waals surface area (Å²) >= 11 is 0. The van der Waals surface area contributed by atoms with Gasteiger partial charge in [0.25, 0.3) is 7.52 Å². The van der Waals surface area contributed by atoms with Crippen molar-refractivity contribution in [3.63, 3.8) is 0 Å². The molecule has 0 saturated carbocycles. The number of benzene rings is 3. The third-order valence-corrected chi connectivity index (χ3v) is 5.98. The predicted octanol–water partition coefficient (Wildman–Crippen LogP) is 4.11. The van der Waals surface area contributed by atoms with Gasteiger partial charge < -0.3 is 10.00 Å². The maximum atomic E-state index is 12.8. The summed E-state index contributed by atoms with van der Waals surface area (Å²) in [5.74, 6) is -1.21. The molecule has 3 aromatic carbocycles. The number of carboxylic acids is 1. The molecule has 5 nitrogen and oxygen atoms in total. The predicted molar refractivity (Wildman–Crippen MR) is 102 cm³/mol. The van der Waals surface area contributed by atoms with Crippen LogP contribution in [0, 0.1) is 0 Å². The van der Waals surface area contributed by atoms with Gasteiger partial charge in [0.15, 0.2) is 0 Å². The van der Waals surface area contributed by atoms with E-state index in [1.165, 1.54) is 6.92 Å². The van der Waals surface area contributed by atoms with Crippen molar-refractivity contribution in [1.82, 2.24) is 5.09 Å². The number of rotatable bonds is 6. The molecule has 0 aliphatic carbocycles. The lowest BCUT2D eigenvalue weighted by Gasteiger charge is -2.30. The van der Waals surface area contributed by atoms with Gasteiger partial charge in [-0.05, 0) is 28.8 Å². The van der Waals surface area contributed by atoms with Crippen LogP contribution in [0.5, 0.6) is 0 Å². The van der Waals surface area contributed by atoms with Gasteiger partial charge >= 0.3 is 5.97 Å². The van der Waals surface area contributed by atoms with Gasteiger partial charge in [0.2, 0.25) is 0 Å². The first-order chi connectivity index (χ1) is 12.3. The summed E-state index contributed by atoms with van der Waals surface area (Å²) in [7, 11) is -3.96. The number of hydrogen-bond acceptors (Lipinski definition) is 2. The second kappa shape index (κ2) is 7.04. The SMILES string of the molecule is CC(NP(=O)(O)Cc1ccccc1)(C(=O)O)c1cccc2ccccc12. The number of carboxylic acid groups (broad SMARTS) is 1. The number of hydrogen-bond donors (Lipinski definition) is 3. The summed E-state index contributed by atoms with van der Waals surface area (Å²) in [6, 6.07) is 21.5. The Kier molecular flexibility index (Phi) is 4.97. The zero-order valence-corrected chi connectivity index (χ0v) is 15.2. The molecule has 0 aliphatic rings. The van der Waals surface area contributed by atoms with Crippen molar-refractivity contribution < 1.29 is 19.4 Å². The molecular formula is C20H20NO4P. The van der Waals surface area contributed by atoms with Gasteiger partial charge in [-0.25, -0.2) is 9.88 Å². The lowest BCUT2D eigenvalue weighted by atomic mass is 9.89. The van der Waals surface area contributed by atoms with Gasteiger partial charge in [0, 0.05) is 0 Å². The van der Waals surface area contributed by atoms with Crippen LogP contribution < -0.4 is 5.09 Å². The Balaban J connectivity index is 2.02. The lowest BCUT2D eigenvalue weighted by molar-refractivity contribution is -0.143. The fraction of sp³-hybridized carbons (Fsp3) is 0.150. The standard InChI is InChI=1S/C20H20NO4P/c1-20(19(22)23,18-13-7-11-16-10-5-6-12-17(16)18)21-26(24,25)14-15-8-3-2-4-9-15/h2-13H,14H2,1H3,(H,22,23)(H2,21,24,25). The second-order valence-corrected chi connectivity index (χ2v) is 8.36. The fourth-order valence-corrected chi connectivity index (χ4v) is 4.80. The number of nitrogens with one attached hydrogen (secondary N) is 1. The van der Waals surface area contributed by atoms with Crippen LogP contribution in [-0.2, 0) is 21.1 Å². The van der Waals surface area contributed by atoms with E-state index < -0.39 is 19.0 Å². The quantitative estimate of drug-likeness (QED) is 0.569. The summed E-state index contributed by atoms with van der Waals surface area (Å²) in [5.41, 5.74) is -0.596. The Hall–Kier alpha value is -2.46. The summed E-state index contributed by atoms with van der Waals surface area (Å²) in [4.78, 5) is 22.6. The first kappa shape index (κ1) is 18.3. The molecule has 26 heavy (non-hydrogen) atoms. The van der Waals surface area contributed by atoms with Crippen molar-refractivity contribution in [2.24, 2.45) is 0 Å². The highest BCUT2D eigenvalue weighted by molar-refractivity contribution is 7.55. The molecule has 2 atom stereocenters. The Morgan fingerprint density at radius 2 is 1.62 bits per heavy atom. The molecular weight excluding hydrogens is 349 g/mol. The molecule has 0 amide bonds. The van der Waals surface area contributed by atoms with Crippen molar-refractivity contribution in [3.05, 3.63) is 83.9 Å². The number of carbonyl (C=O) groups is 1. The van der Waals surface area contributed by atoms with E-state index in [1.54, 1.807) is 36.4 Å². The maximum Gasteiger partial charge on any atom is 0.328 e. The van der Waals surface area contributed by atoms with Gasteiger partial charge in [-0.1, -0.05) is 72.8 Å². The van der Waals surface area contributed by atoms with E-state index in [4.69, 9.17) is 0 Å². The van der Waals surface area contributed by atoms with E-state index in [9.17, 15) is 19.4 Å². The Morgan fingerprint density at radius 3 is 2.31 bits per heavy atom. The van der Waals surface area contributed by atoms with Crippen LogP contribution in [0.3, 0.4) is 0 Å². The monoisotopic (exact) mass is 369 g/mol. The van der Waals surface area contributed by atoms with Crippen molar-refractivity contribution >= 4 is 24.3 Å². The van der Waals surface area contributed by atoms with Gasteiger partial charge in [-0.15, -0.1) is 0 Å². The minimum absolute atomic E-state index is 0.151. The smallest absolute Gasteiger partial charge is 0.328 e. The average Bonchev–Trinajstić information content (AvgIpc) is 2.61. The summed E-state index contributed by atoms with van der Waals surface area (Å²) in [6.45, 7) is 1.42. The van der Waals surface area contributed by atoms with Crippen molar-refractivity contribution in [2.75, 3.05) is 0 Å². The van der Waals surface area contributed by atoms with E-state index in [1.807, 2.05) is 36.4 Å². The topological polar surface area (TPSA) is 86.6 Å². The third kappa shape index (κ3) is 3.70. The first-order valence-corrected chi connectivity index (χ1v) is 10.0. The highest BCUT2D eigenvalue weighted by Gasteiger charge is 2.41. The van der Waals surface area contributed by atoms with Crippen LogP contribution in [0.2, 0.25) is 0 Å². The lowest BCUT2D eigenvalue weighted by Crippen LogP contribution is -2.45. The highest BCUT2D eigenvalue weighted by Crippen LogP contribution is 2.45. The van der Waals surface area contributed by atoms with E-state index in [0.29, 0.717) is 11.1 Å². The Labute approximate surface area is 151 Å². The largest absolute Gasteiger partial charge is 0.480 e. The van der Waals surface area contributed by atoms with Gasteiger partial charge in [0.1, 0.15) is 5.54 Å². The van der Waals surface area contributed by atoms with Gasteiger partial charge in [-0.3, -0.25) is 4.57 Å². The van der Waals surface area contributed by atoms with E-state index >= 15 is 0 Å². The van der Waals surface area contributed by atoms with Crippen LogP contribution in [0.15, 0.2) is 72.8 Å². The molecule has 0 spiro atoms. The normalized spacial score (nSPS) is 15.9. The minimum Gasteiger partial charge on any atom is -0.480 e. The molecule has 3 rings (SSSR count). The zero-order chi connectivity index (χ0) is 18.8.